The minimum Gasteiger partial charge on any atom is -0.361 e. The molecule has 1 atom stereocenters. The Balaban J connectivity index is 0.000000362. The first-order valence-corrected chi connectivity index (χ1v) is 6.61. The lowest BCUT2D eigenvalue weighted by Crippen LogP contribution is -2.21. The molecule has 1 aromatic heterocycles. The number of methoxy groups -OCH3 is 1. The first kappa shape index (κ1) is 17.9. The number of ether oxygens (including phenoxy) is 1. The van der Waals surface area contributed by atoms with Gasteiger partial charge in [-0.15, -0.1) is 0 Å². The Bertz CT molecular complexity index is 445. The monoisotopic (exact) mass is 304 g/mol. The van der Waals surface area contributed by atoms with E-state index in [1.165, 1.54) is 0 Å². The first-order valence-electron chi connectivity index (χ1n) is 5.17. The van der Waals surface area contributed by atoms with Crippen molar-refractivity contribution in [2.75, 3.05) is 7.11 Å². The van der Waals surface area contributed by atoms with Crippen LogP contribution in [0.25, 0.3) is 0 Å². The summed E-state index contributed by atoms with van der Waals surface area (Å²) in [5, 5.41) is 0. The number of nitrogens with zero attached hydrogens (tertiary/aromatic N) is 2. The van der Waals surface area contributed by atoms with Crippen molar-refractivity contribution < 1.29 is 30.9 Å². The van der Waals surface area contributed by atoms with Crippen LogP contribution < -0.4 is 0 Å². The number of rotatable bonds is 4. The van der Waals surface area contributed by atoms with E-state index in [0.717, 1.165) is 12.8 Å². The van der Waals surface area contributed by atoms with Crippen molar-refractivity contribution in [2.45, 2.75) is 31.5 Å². The van der Waals surface area contributed by atoms with E-state index in [1.54, 1.807) is 19.6 Å². The number of hydrogen-bond acceptors (Lipinski definition) is 4. The second-order valence-corrected chi connectivity index (χ2v) is 4.82. The fourth-order valence-corrected chi connectivity index (χ4v) is 1.08. The third kappa shape index (κ3) is 6.55. The van der Waals surface area contributed by atoms with Crippen LogP contribution in [0.2, 0.25) is 0 Å². The quantitative estimate of drug-likeness (QED) is 0.681. The lowest BCUT2D eigenvalue weighted by atomic mass is 10.3. The molecule has 1 aromatic rings. The second kappa shape index (κ2) is 7.46. The molecule has 112 valence electrons. The molecule has 1 N–H and O–H groups in total. The van der Waals surface area contributed by atoms with Crippen molar-refractivity contribution in [1.29, 1.82) is 0 Å². The summed E-state index contributed by atoms with van der Waals surface area (Å²) in [5.74, 6) is 0. The molecule has 6 nitrogen and oxygen atoms in total. The summed E-state index contributed by atoms with van der Waals surface area (Å²) >= 11 is 0. The summed E-state index contributed by atoms with van der Waals surface area (Å²) in [6.45, 7) is 2.14. The van der Waals surface area contributed by atoms with Crippen LogP contribution in [0.15, 0.2) is 18.7 Å². The van der Waals surface area contributed by atoms with Crippen LogP contribution in [-0.4, -0.2) is 35.1 Å². The number of hydrogen-bond donors (Lipinski definition) is 1. The molecule has 0 spiro atoms. The summed E-state index contributed by atoms with van der Waals surface area (Å²) in [6, 6.07) is 0. The molecule has 0 aliphatic rings. The minimum atomic E-state index is -5.84. The van der Waals surface area contributed by atoms with Crippen LogP contribution in [0.5, 0.6) is 0 Å². The van der Waals surface area contributed by atoms with E-state index in [9.17, 15) is 13.2 Å². The Labute approximate surface area is 109 Å². The molecule has 19 heavy (non-hydrogen) atoms. The maximum Gasteiger partial charge on any atom is 0.522 e. The van der Waals surface area contributed by atoms with E-state index < -0.39 is 15.6 Å². The molecule has 0 saturated carbocycles. The lowest BCUT2D eigenvalue weighted by molar-refractivity contribution is -0.0510. The van der Waals surface area contributed by atoms with Gasteiger partial charge in [0.1, 0.15) is 6.23 Å². The van der Waals surface area contributed by atoms with Crippen molar-refractivity contribution in [3.05, 3.63) is 18.7 Å². The highest BCUT2D eigenvalue weighted by Crippen LogP contribution is 2.20. The smallest absolute Gasteiger partial charge is 0.361 e. The van der Waals surface area contributed by atoms with E-state index in [0.29, 0.717) is 0 Å². The van der Waals surface area contributed by atoms with E-state index >= 15 is 0 Å². The van der Waals surface area contributed by atoms with Gasteiger partial charge in [0.05, 0.1) is 6.33 Å². The van der Waals surface area contributed by atoms with Gasteiger partial charge in [0.25, 0.3) is 0 Å². The van der Waals surface area contributed by atoms with Gasteiger partial charge >= 0.3 is 15.6 Å². The summed E-state index contributed by atoms with van der Waals surface area (Å²) in [6.07, 6.45) is 7.78. The molecule has 0 bridgehead atoms. The van der Waals surface area contributed by atoms with Crippen molar-refractivity contribution >= 4 is 10.1 Å². The first-order chi connectivity index (χ1) is 8.63. The van der Waals surface area contributed by atoms with Gasteiger partial charge in [0, 0.05) is 19.5 Å². The van der Waals surface area contributed by atoms with Gasteiger partial charge < -0.3 is 9.30 Å². The zero-order valence-electron chi connectivity index (χ0n) is 10.3. The molecular weight excluding hydrogens is 289 g/mol. The van der Waals surface area contributed by atoms with Gasteiger partial charge in [0.15, 0.2) is 0 Å². The minimum absolute atomic E-state index is 0.155. The zero-order valence-corrected chi connectivity index (χ0v) is 11.1. The topological polar surface area (TPSA) is 81.4 Å². The van der Waals surface area contributed by atoms with Gasteiger partial charge in [0.2, 0.25) is 0 Å². The van der Waals surface area contributed by atoms with Gasteiger partial charge in [-0.05, 0) is 6.42 Å². The van der Waals surface area contributed by atoms with Gasteiger partial charge in [-0.1, -0.05) is 13.3 Å². The molecule has 1 unspecified atom stereocenters. The Morgan fingerprint density at radius 3 is 2.26 bits per heavy atom. The van der Waals surface area contributed by atoms with E-state index in [-0.39, 0.29) is 6.23 Å². The molecule has 0 aromatic carbocycles. The molecule has 1 rings (SSSR count). The predicted molar refractivity (Wildman–Crippen MR) is 60.8 cm³/mol. The fraction of sp³-hybridized carbons (Fsp3) is 0.667. The van der Waals surface area contributed by atoms with E-state index in [2.05, 4.69) is 11.9 Å². The third-order valence-corrected chi connectivity index (χ3v) is 2.54. The molecule has 0 radical (unpaired) electrons. The number of alkyl halides is 3. The standard InChI is InChI=1S/C8H14N2O.CHF3O3S/c1-3-4-8(11-2)10-6-5-9-7-10;2-1(3,4)8(5,6)7/h5-8H,3-4H2,1-2H3;(H,5,6,7). The highest BCUT2D eigenvalue weighted by Gasteiger charge is 2.44. The van der Waals surface area contributed by atoms with Crippen molar-refractivity contribution in [3.8, 4) is 0 Å². The van der Waals surface area contributed by atoms with E-state index in [1.807, 2.05) is 10.8 Å². The Morgan fingerprint density at radius 1 is 1.47 bits per heavy atom. The lowest BCUT2D eigenvalue weighted by Gasteiger charge is -2.14. The Kier molecular flexibility index (Phi) is 7.01. The van der Waals surface area contributed by atoms with Gasteiger partial charge in [-0.2, -0.15) is 21.6 Å². The normalized spacial score (nSPS) is 13.6. The van der Waals surface area contributed by atoms with E-state index in [4.69, 9.17) is 17.7 Å². The molecular formula is C9H15F3N2O4S. The summed E-state index contributed by atoms with van der Waals surface area (Å²) in [5.41, 5.74) is -5.53. The van der Waals surface area contributed by atoms with Gasteiger partial charge in [-0.3, -0.25) is 4.55 Å². The van der Waals surface area contributed by atoms with Crippen molar-refractivity contribution in [3.63, 3.8) is 0 Å². The number of imidazole rings is 1. The summed E-state index contributed by atoms with van der Waals surface area (Å²) < 4.78 is 64.8. The summed E-state index contributed by atoms with van der Waals surface area (Å²) in [7, 11) is -4.12. The largest absolute Gasteiger partial charge is 0.522 e. The number of aromatic nitrogens is 2. The molecule has 1 heterocycles. The SMILES string of the molecule is CCCC(OC)n1ccnc1.O=S(=O)(O)C(F)(F)F. The predicted octanol–water partition coefficient (Wildman–Crippen LogP) is 2.22. The Morgan fingerprint density at radius 2 is 2.00 bits per heavy atom. The van der Waals surface area contributed by atoms with Crippen molar-refractivity contribution in [2.24, 2.45) is 0 Å². The highest BCUT2D eigenvalue weighted by molar-refractivity contribution is 7.86. The van der Waals surface area contributed by atoms with Crippen LogP contribution in [0, 0.1) is 0 Å². The Hall–Kier alpha value is -1.13. The van der Waals surface area contributed by atoms with Crippen LogP contribution in [0.3, 0.4) is 0 Å². The fourth-order valence-electron chi connectivity index (χ4n) is 1.08. The summed E-state index contributed by atoms with van der Waals surface area (Å²) in [4.78, 5) is 3.96. The molecule has 0 fully saturated rings. The average molecular weight is 304 g/mol. The number of halogens is 3. The molecule has 0 saturated heterocycles. The maximum atomic E-state index is 10.7. The highest BCUT2D eigenvalue weighted by atomic mass is 32.2. The van der Waals surface area contributed by atoms with Crippen LogP contribution in [0.4, 0.5) is 13.2 Å². The van der Waals surface area contributed by atoms with Crippen LogP contribution in [0.1, 0.15) is 26.0 Å². The zero-order chi connectivity index (χ0) is 15.1. The third-order valence-electron chi connectivity index (χ3n) is 1.96. The maximum absolute atomic E-state index is 10.7. The van der Waals surface area contributed by atoms with Crippen molar-refractivity contribution in [1.82, 2.24) is 9.55 Å². The molecule has 10 heteroatoms. The molecule has 0 amide bonds. The van der Waals surface area contributed by atoms with Crippen LogP contribution in [-0.2, 0) is 14.9 Å². The molecule has 0 aliphatic heterocycles. The second-order valence-electron chi connectivity index (χ2n) is 3.41. The van der Waals surface area contributed by atoms with Crippen LogP contribution >= 0.6 is 0 Å². The average Bonchev–Trinajstić information content (AvgIpc) is 2.77. The van der Waals surface area contributed by atoms with Gasteiger partial charge in [-0.25, -0.2) is 4.98 Å². The molecule has 0 aliphatic carbocycles.